The minimum atomic E-state index is -4.36. The molecule has 2 aromatic carbocycles. The molecule has 0 atom stereocenters. The normalized spacial score (nSPS) is 11.3. The second-order valence-electron chi connectivity index (χ2n) is 3.94. The Bertz CT molecular complexity index is 584. The molecular formula is C14H8F3O2-. The van der Waals surface area contributed by atoms with E-state index in [1.54, 1.807) is 0 Å². The molecule has 2 rings (SSSR count). The fourth-order valence-electron chi connectivity index (χ4n) is 1.65. The monoisotopic (exact) mass is 265 g/mol. The number of carbonyl (C=O) groups excluding carboxylic acids is 1. The summed E-state index contributed by atoms with van der Waals surface area (Å²) in [6.45, 7) is 0. The summed E-state index contributed by atoms with van der Waals surface area (Å²) in [4.78, 5) is 10.6. The van der Waals surface area contributed by atoms with Gasteiger partial charge in [-0.2, -0.15) is 13.2 Å². The molecule has 98 valence electrons. The van der Waals surface area contributed by atoms with E-state index in [4.69, 9.17) is 0 Å². The van der Waals surface area contributed by atoms with Crippen molar-refractivity contribution < 1.29 is 23.1 Å². The maximum absolute atomic E-state index is 12.4. The van der Waals surface area contributed by atoms with Gasteiger partial charge in [-0.1, -0.05) is 36.4 Å². The summed E-state index contributed by atoms with van der Waals surface area (Å²) < 4.78 is 37.2. The molecule has 2 nitrogen and oxygen atoms in total. The molecule has 0 amide bonds. The van der Waals surface area contributed by atoms with Crippen LogP contribution in [0.15, 0.2) is 48.5 Å². The quantitative estimate of drug-likeness (QED) is 0.837. The van der Waals surface area contributed by atoms with Crippen LogP contribution >= 0.6 is 0 Å². The number of rotatable bonds is 2. The van der Waals surface area contributed by atoms with Crippen LogP contribution in [-0.4, -0.2) is 5.97 Å². The third-order valence-corrected chi connectivity index (χ3v) is 2.67. The Morgan fingerprint density at radius 3 is 1.63 bits per heavy atom. The van der Waals surface area contributed by atoms with E-state index in [9.17, 15) is 23.1 Å². The van der Waals surface area contributed by atoms with Crippen LogP contribution in [0, 0.1) is 0 Å². The van der Waals surface area contributed by atoms with Gasteiger partial charge in [-0.3, -0.25) is 0 Å². The molecule has 0 unspecified atom stereocenters. The molecular weight excluding hydrogens is 257 g/mol. The number of hydrogen-bond donors (Lipinski definition) is 0. The summed E-state index contributed by atoms with van der Waals surface area (Å²) >= 11 is 0. The van der Waals surface area contributed by atoms with E-state index >= 15 is 0 Å². The van der Waals surface area contributed by atoms with Crippen molar-refractivity contribution in [2.75, 3.05) is 0 Å². The molecule has 0 bridgehead atoms. The van der Waals surface area contributed by atoms with Crippen molar-refractivity contribution in [3.63, 3.8) is 0 Å². The van der Waals surface area contributed by atoms with Gasteiger partial charge in [0.25, 0.3) is 0 Å². The lowest BCUT2D eigenvalue weighted by Crippen LogP contribution is -2.21. The Balaban J connectivity index is 2.30. The summed E-state index contributed by atoms with van der Waals surface area (Å²) in [6, 6.07) is 10.4. The summed E-state index contributed by atoms with van der Waals surface area (Å²) in [7, 11) is 0. The molecule has 0 N–H and O–H groups in total. The molecule has 5 heteroatoms. The van der Waals surface area contributed by atoms with E-state index in [1.165, 1.54) is 36.4 Å². The van der Waals surface area contributed by atoms with Crippen molar-refractivity contribution in [3.05, 3.63) is 59.7 Å². The minimum Gasteiger partial charge on any atom is -0.545 e. The molecule has 2 aromatic rings. The fraction of sp³-hybridized carbons (Fsp3) is 0.0714. The molecule has 0 saturated carbocycles. The van der Waals surface area contributed by atoms with Crippen molar-refractivity contribution >= 4 is 5.97 Å². The lowest BCUT2D eigenvalue weighted by molar-refractivity contribution is -0.255. The van der Waals surface area contributed by atoms with Crippen LogP contribution in [0.25, 0.3) is 11.1 Å². The van der Waals surface area contributed by atoms with E-state index in [1.807, 2.05) is 0 Å². The number of hydrogen-bond acceptors (Lipinski definition) is 2. The largest absolute Gasteiger partial charge is 0.545 e. The van der Waals surface area contributed by atoms with Crippen LogP contribution in [0.2, 0.25) is 0 Å². The summed E-state index contributed by atoms with van der Waals surface area (Å²) in [5, 5.41) is 10.6. The molecule has 0 aliphatic carbocycles. The number of carboxylic acids is 1. The number of halogens is 3. The predicted octanol–water partition coefficient (Wildman–Crippen LogP) is 2.74. The Morgan fingerprint density at radius 2 is 1.26 bits per heavy atom. The van der Waals surface area contributed by atoms with Crippen LogP contribution in [-0.2, 0) is 6.18 Å². The molecule has 0 aliphatic heterocycles. The van der Waals surface area contributed by atoms with E-state index in [0.29, 0.717) is 11.1 Å². The highest BCUT2D eigenvalue weighted by Gasteiger charge is 2.29. The van der Waals surface area contributed by atoms with Crippen molar-refractivity contribution in [2.24, 2.45) is 0 Å². The maximum atomic E-state index is 12.4. The molecule has 0 aliphatic rings. The first-order chi connectivity index (χ1) is 8.88. The average Bonchev–Trinajstić information content (AvgIpc) is 2.38. The van der Waals surface area contributed by atoms with Crippen molar-refractivity contribution in [2.45, 2.75) is 6.18 Å². The van der Waals surface area contributed by atoms with Crippen molar-refractivity contribution in [1.29, 1.82) is 0 Å². The second kappa shape index (κ2) is 4.76. The molecule has 0 radical (unpaired) electrons. The molecule has 0 heterocycles. The highest BCUT2D eigenvalue weighted by Crippen LogP contribution is 2.30. The first kappa shape index (κ1) is 13.1. The zero-order valence-electron chi connectivity index (χ0n) is 9.57. The van der Waals surface area contributed by atoms with Gasteiger partial charge in [0.05, 0.1) is 11.5 Å². The van der Waals surface area contributed by atoms with Crippen LogP contribution < -0.4 is 5.11 Å². The number of aromatic carboxylic acids is 1. The van der Waals surface area contributed by atoms with Gasteiger partial charge in [-0.15, -0.1) is 0 Å². The summed E-state index contributed by atoms with van der Waals surface area (Å²) in [5.74, 6) is -1.29. The molecule has 0 fully saturated rings. The Morgan fingerprint density at radius 1 is 0.842 bits per heavy atom. The van der Waals surface area contributed by atoms with Gasteiger partial charge in [0.1, 0.15) is 0 Å². The van der Waals surface area contributed by atoms with E-state index < -0.39 is 17.7 Å². The van der Waals surface area contributed by atoms with Gasteiger partial charge in [0.15, 0.2) is 0 Å². The van der Waals surface area contributed by atoms with Gasteiger partial charge < -0.3 is 9.90 Å². The number of carboxylic acid groups (broad SMARTS) is 1. The predicted molar refractivity (Wildman–Crippen MR) is 61.2 cm³/mol. The van der Waals surface area contributed by atoms with Crippen molar-refractivity contribution in [3.8, 4) is 11.1 Å². The Hall–Kier alpha value is -2.30. The van der Waals surface area contributed by atoms with Crippen LogP contribution in [0.3, 0.4) is 0 Å². The summed E-state index contributed by atoms with van der Waals surface area (Å²) in [6.07, 6.45) is -4.36. The topological polar surface area (TPSA) is 40.1 Å². The number of benzene rings is 2. The van der Waals surface area contributed by atoms with Gasteiger partial charge in [-0.05, 0) is 28.8 Å². The Kier molecular flexibility index (Phi) is 3.29. The van der Waals surface area contributed by atoms with Gasteiger partial charge in [-0.25, -0.2) is 0 Å². The van der Waals surface area contributed by atoms with E-state index in [2.05, 4.69) is 0 Å². The molecule has 0 spiro atoms. The second-order valence-corrected chi connectivity index (χ2v) is 3.94. The summed E-state index contributed by atoms with van der Waals surface area (Å²) in [5.41, 5.74) is 0.523. The number of alkyl halides is 3. The molecule has 0 saturated heterocycles. The SMILES string of the molecule is O=C([O-])c1ccc(-c2ccc(C(F)(F)F)cc2)cc1. The zero-order chi connectivity index (χ0) is 14.0. The zero-order valence-corrected chi connectivity index (χ0v) is 9.57. The van der Waals surface area contributed by atoms with E-state index in [-0.39, 0.29) is 5.56 Å². The highest BCUT2D eigenvalue weighted by atomic mass is 19.4. The van der Waals surface area contributed by atoms with Gasteiger partial charge in [0.2, 0.25) is 0 Å². The van der Waals surface area contributed by atoms with Gasteiger partial charge in [0, 0.05) is 0 Å². The van der Waals surface area contributed by atoms with Crippen molar-refractivity contribution in [1.82, 2.24) is 0 Å². The fourth-order valence-corrected chi connectivity index (χ4v) is 1.65. The smallest absolute Gasteiger partial charge is 0.416 e. The standard InChI is InChI=1S/C14H9F3O2/c15-14(16,17)12-7-5-10(6-8-12)9-1-3-11(4-2-9)13(18)19/h1-8H,(H,18,19)/p-1. The third kappa shape index (κ3) is 2.93. The third-order valence-electron chi connectivity index (χ3n) is 2.67. The van der Waals surface area contributed by atoms with Crippen LogP contribution in [0.1, 0.15) is 15.9 Å². The van der Waals surface area contributed by atoms with Crippen LogP contribution in [0.5, 0.6) is 0 Å². The Labute approximate surface area is 107 Å². The first-order valence-electron chi connectivity index (χ1n) is 5.37. The van der Waals surface area contributed by atoms with Gasteiger partial charge >= 0.3 is 6.18 Å². The average molecular weight is 265 g/mol. The number of carbonyl (C=O) groups is 1. The van der Waals surface area contributed by atoms with E-state index in [0.717, 1.165) is 12.1 Å². The highest BCUT2D eigenvalue weighted by molar-refractivity contribution is 5.86. The lowest BCUT2D eigenvalue weighted by atomic mass is 10.0. The molecule has 19 heavy (non-hydrogen) atoms. The minimum absolute atomic E-state index is 0.0238. The van der Waals surface area contributed by atoms with Crippen LogP contribution in [0.4, 0.5) is 13.2 Å². The maximum Gasteiger partial charge on any atom is 0.416 e. The lowest BCUT2D eigenvalue weighted by Gasteiger charge is -2.08. The molecule has 0 aromatic heterocycles. The first-order valence-corrected chi connectivity index (χ1v) is 5.37.